The quantitative estimate of drug-likeness (QED) is 0.851. The summed E-state index contributed by atoms with van der Waals surface area (Å²) in [5.41, 5.74) is 1.76. The van der Waals surface area contributed by atoms with Gasteiger partial charge in [0.2, 0.25) is 5.82 Å². The summed E-state index contributed by atoms with van der Waals surface area (Å²) in [7, 11) is 1.11. The van der Waals surface area contributed by atoms with E-state index in [0.29, 0.717) is 17.4 Å². The number of hydrogen-bond acceptors (Lipinski definition) is 3. The van der Waals surface area contributed by atoms with Crippen LogP contribution in [0.15, 0.2) is 29.1 Å². The minimum atomic E-state index is -4.62. The Morgan fingerprint density at radius 1 is 1.20 bits per heavy atom. The zero-order valence-corrected chi connectivity index (χ0v) is 14.3. The van der Waals surface area contributed by atoms with Gasteiger partial charge in [0, 0.05) is 26.7 Å². The molecule has 0 unspecified atom stereocenters. The van der Waals surface area contributed by atoms with Crippen LogP contribution in [-0.2, 0) is 19.8 Å². The maximum atomic E-state index is 12.9. The van der Waals surface area contributed by atoms with Crippen molar-refractivity contribution in [2.75, 3.05) is 13.1 Å². The lowest BCUT2D eigenvalue weighted by Gasteiger charge is -2.31. The van der Waals surface area contributed by atoms with Gasteiger partial charge in [-0.25, -0.2) is 9.48 Å². The second kappa shape index (κ2) is 6.67. The molecule has 0 radical (unpaired) electrons. The Kier molecular flexibility index (Phi) is 4.73. The summed E-state index contributed by atoms with van der Waals surface area (Å²) in [5, 5.41) is 3.55. The molecule has 1 fully saturated rings. The van der Waals surface area contributed by atoms with Gasteiger partial charge in [-0.2, -0.15) is 13.2 Å². The zero-order valence-electron chi connectivity index (χ0n) is 14.3. The largest absolute Gasteiger partial charge is 0.451 e. The molecule has 25 heavy (non-hydrogen) atoms. The number of benzene rings is 1. The van der Waals surface area contributed by atoms with Crippen LogP contribution < -0.4 is 5.69 Å². The van der Waals surface area contributed by atoms with Crippen molar-refractivity contribution in [2.45, 2.75) is 38.5 Å². The van der Waals surface area contributed by atoms with Crippen molar-refractivity contribution in [1.82, 2.24) is 19.2 Å². The van der Waals surface area contributed by atoms with Crippen LogP contribution in [0.25, 0.3) is 0 Å². The van der Waals surface area contributed by atoms with Gasteiger partial charge in [0.15, 0.2) is 0 Å². The first-order valence-corrected chi connectivity index (χ1v) is 8.27. The summed E-state index contributed by atoms with van der Waals surface area (Å²) in [4.78, 5) is 14.4. The maximum Gasteiger partial charge on any atom is 0.451 e. The number of aromatic nitrogens is 3. The third-order valence-corrected chi connectivity index (χ3v) is 4.81. The van der Waals surface area contributed by atoms with E-state index in [1.807, 2.05) is 12.1 Å². The first-order valence-electron chi connectivity index (χ1n) is 8.27. The Labute approximate surface area is 143 Å². The van der Waals surface area contributed by atoms with E-state index in [2.05, 4.69) is 29.1 Å². The van der Waals surface area contributed by atoms with Gasteiger partial charge in [0.25, 0.3) is 0 Å². The van der Waals surface area contributed by atoms with Crippen LogP contribution in [0.4, 0.5) is 13.2 Å². The van der Waals surface area contributed by atoms with Crippen molar-refractivity contribution < 1.29 is 13.2 Å². The molecule has 1 aromatic carbocycles. The van der Waals surface area contributed by atoms with Gasteiger partial charge in [-0.1, -0.05) is 24.3 Å². The Hall–Kier alpha value is -2.09. The molecule has 2 heterocycles. The van der Waals surface area contributed by atoms with Crippen LogP contribution in [0.3, 0.4) is 0 Å². The zero-order chi connectivity index (χ0) is 18.2. The second-order valence-corrected chi connectivity index (χ2v) is 6.54. The fourth-order valence-corrected chi connectivity index (χ4v) is 3.29. The molecule has 8 heteroatoms. The van der Waals surface area contributed by atoms with E-state index in [9.17, 15) is 18.0 Å². The molecule has 1 aromatic heterocycles. The third kappa shape index (κ3) is 3.63. The molecule has 0 N–H and O–H groups in total. The second-order valence-electron chi connectivity index (χ2n) is 6.54. The summed E-state index contributed by atoms with van der Waals surface area (Å²) in [6.45, 7) is 4.32. The van der Waals surface area contributed by atoms with Crippen molar-refractivity contribution in [1.29, 1.82) is 0 Å². The van der Waals surface area contributed by atoms with Crippen molar-refractivity contribution in [3.63, 3.8) is 0 Å². The molecule has 0 spiro atoms. The number of halogens is 3. The third-order valence-electron chi connectivity index (χ3n) is 4.81. The Morgan fingerprint density at radius 2 is 1.84 bits per heavy atom. The molecule has 2 aromatic rings. The number of alkyl halides is 3. The lowest BCUT2D eigenvalue weighted by atomic mass is 10.0. The fraction of sp³-hybridized carbons (Fsp3) is 0.529. The molecule has 0 aliphatic carbocycles. The molecule has 0 atom stereocenters. The Bertz CT molecular complexity index is 801. The molecule has 1 aliphatic rings. The summed E-state index contributed by atoms with van der Waals surface area (Å²) in [6.07, 6.45) is -3.40. The standard InChI is InChI=1S/C17H21F3N4O/c1-12-5-3-4-6-13(12)11-23-9-7-14(8-10-23)24-16(25)22(2)15(21-24)17(18,19)20/h3-6,14H,7-11H2,1-2H3. The number of hydrogen-bond donors (Lipinski definition) is 0. The van der Waals surface area contributed by atoms with Crippen molar-refractivity contribution in [3.05, 3.63) is 51.7 Å². The molecule has 1 saturated heterocycles. The molecule has 136 valence electrons. The highest BCUT2D eigenvalue weighted by Crippen LogP contribution is 2.28. The van der Waals surface area contributed by atoms with Gasteiger partial charge in [-0.15, -0.1) is 5.10 Å². The predicted molar refractivity (Wildman–Crippen MR) is 87.2 cm³/mol. The predicted octanol–water partition coefficient (Wildman–Crippen LogP) is 2.75. The monoisotopic (exact) mass is 354 g/mol. The molecule has 0 amide bonds. The Balaban J connectivity index is 1.69. The lowest BCUT2D eigenvalue weighted by molar-refractivity contribution is -0.147. The molecule has 0 bridgehead atoms. The fourth-order valence-electron chi connectivity index (χ4n) is 3.29. The van der Waals surface area contributed by atoms with E-state index in [0.717, 1.165) is 31.4 Å². The van der Waals surface area contributed by atoms with Crippen LogP contribution in [-0.4, -0.2) is 32.3 Å². The summed E-state index contributed by atoms with van der Waals surface area (Å²) < 4.78 is 40.3. The SMILES string of the molecule is Cc1ccccc1CN1CCC(n2nc(C(F)(F)F)n(C)c2=O)CC1. The van der Waals surface area contributed by atoms with E-state index in [4.69, 9.17) is 0 Å². The smallest absolute Gasteiger partial charge is 0.299 e. The van der Waals surface area contributed by atoms with Crippen LogP contribution >= 0.6 is 0 Å². The number of rotatable bonds is 3. The van der Waals surface area contributed by atoms with Gasteiger partial charge in [0.1, 0.15) is 0 Å². The Morgan fingerprint density at radius 3 is 2.40 bits per heavy atom. The number of piperidine rings is 1. The lowest BCUT2D eigenvalue weighted by Crippen LogP contribution is -2.37. The first-order chi connectivity index (χ1) is 11.8. The number of aryl methyl sites for hydroxylation is 1. The molecular weight excluding hydrogens is 333 g/mol. The van der Waals surface area contributed by atoms with Gasteiger partial charge in [-0.3, -0.25) is 9.47 Å². The normalized spacial score (nSPS) is 17.2. The van der Waals surface area contributed by atoms with Gasteiger partial charge >= 0.3 is 11.9 Å². The van der Waals surface area contributed by atoms with Crippen LogP contribution in [0.1, 0.15) is 35.8 Å². The van der Waals surface area contributed by atoms with Gasteiger partial charge < -0.3 is 0 Å². The van der Waals surface area contributed by atoms with E-state index in [-0.39, 0.29) is 6.04 Å². The molecule has 1 aliphatic heterocycles. The summed E-state index contributed by atoms with van der Waals surface area (Å²) in [6, 6.07) is 7.86. The first kappa shape index (κ1) is 17.7. The van der Waals surface area contributed by atoms with Crippen molar-refractivity contribution in [3.8, 4) is 0 Å². The van der Waals surface area contributed by atoms with E-state index in [1.165, 1.54) is 11.1 Å². The van der Waals surface area contributed by atoms with E-state index in [1.54, 1.807) is 0 Å². The minimum Gasteiger partial charge on any atom is -0.299 e. The highest BCUT2D eigenvalue weighted by molar-refractivity contribution is 5.25. The minimum absolute atomic E-state index is 0.289. The van der Waals surface area contributed by atoms with E-state index >= 15 is 0 Å². The average molecular weight is 354 g/mol. The van der Waals surface area contributed by atoms with Gasteiger partial charge in [-0.05, 0) is 30.9 Å². The van der Waals surface area contributed by atoms with Crippen molar-refractivity contribution in [2.24, 2.45) is 7.05 Å². The van der Waals surface area contributed by atoms with Crippen LogP contribution in [0.5, 0.6) is 0 Å². The highest BCUT2D eigenvalue weighted by atomic mass is 19.4. The molecule has 0 saturated carbocycles. The summed E-state index contributed by atoms with van der Waals surface area (Å²) in [5.74, 6) is -1.14. The number of nitrogens with zero attached hydrogens (tertiary/aromatic N) is 4. The van der Waals surface area contributed by atoms with Gasteiger partial charge in [0.05, 0.1) is 6.04 Å². The van der Waals surface area contributed by atoms with Crippen LogP contribution in [0, 0.1) is 6.92 Å². The topological polar surface area (TPSA) is 43.1 Å². The molecule has 5 nitrogen and oxygen atoms in total. The highest BCUT2D eigenvalue weighted by Gasteiger charge is 2.39. The van der Waals surface area contributed by atoms with E-state index < -0.39 is 17.7 Å². The molecular formula is C17H21F3N4O. The number of likely N-dealkylation sites (tertiary alicyclic amines) is 1. The van der Waals surface area contributed by atoms with Crippen LogP contribution in [0.2, 0.25) is 0 Å². The average Bonchev–Trinajstić information content (AvgIpc) is 2.86. The summed E-state index contributed by atoms with van der Waals surface area (Å²) >= 11 is 0. The maximum absolute atomic E-state index is 12.9. The molecule has 3 rings (SSSR count). The van der Waals surface area contributed by atoms with Crippen molar-refractivity contribution >= 4 is 0 Å².